The Balaban J connectivity index is 0.00000261. The molecule has 0 saturated carbocycles. The van der Waals surface area contributed by atoms with Crippen LogP contribution in [-0.2, 0) is 20.9 Å². The van der Waals surface area contributed by atoms with Crippen molar-refractivity contribution in [3.8, 4) is 11.5 Å². The number of hydrogen-bond acceptors (Lipinski definition) is 7. The third-order valence-corrected chi connectivity index (χ3v) is 4.99. The molecule has 2 aromatic heterocycles. The highest BCUT2D eigenvalue weighted by Crippen LogP contribution is 2.27. The summed E-state index contributed by atoms with van der Waals surface area (Å²) in [4.78, 5) is 27.7. The molecular weight excluding hydrogens is 392 g/mol. The molecule has 10 heteroatoms. The Bertz CT molecular complexity index is 773. The van der Waals surface area contributed by atoms with Gasteiger partial charge in [-0.1, -0.05) is 0 Å². The zero-order chi connectivity index (χ0) is 18.5. The molecule has 27 heavy (non-hydrogen) atoms. The maximum atomic E-state index is 12.3. The molecule has 2 amide bonds. The fraction of sp³-hybridized carbons (Fsp3) is 0.471. The summed E-state index contributed by atoms with van der Waals surface area (Å²) < 4.78 is 11.0. The first-order chi connectivity index (χ1) is 12.5. The molecular formula is C17H23ClN4O4S. The normalized spacial score (nSPS) is 15.6. The second-order valence-corrected chi connectivity index (χ2v) is 7.04. The van der Waals surface area contributed by atoms with Crippen molar-refractivity contribution in [2.24, 2.45) is 11.7 Å². The predicted octanol–water partition coefficient (Wildman–Crippen LogP) is 2.15. The van der Waals surface area contributed by atoms with Crippen LogP contribution < -0.4 is 16.4 Å². The summed E-state index contributed by atoms with van der Waals surface area (Å²) in [6.45, 7) is 3.06. The lowest BCUT2D eigenvalue weighted by atomic mass is 9.92. The molecule has 3 heterocycles. The Labute approximate surface area is 167 Å². The fourth-order valence-corrected chi connectivity index (χ4v) is 3.45. The van der Waals surface area contributed by atoms with E-state index in [0.717, 1.165) is 12.8 Å². The van der Waals surface area contributed by atoms with E-state index in [1.54, 1.807) is 17.5 Å². The summed E-state index contributed by atoms with van der Waals surface area (Å²) in [7, 11) is 0. The Morgan fingerprint density at radius 3 is 2.81 bits per heavy atom. The van der Waals surface area contributed by atoms with E-state index in [0.29, 0.717) is 42.1 Å². The maximum Gasteiger partial charge on any atom is 0.243 e. The first kappa shape index (κ1) is 21.4. The monoisotopic (exact) mass is 414 g/mol. The summed E-state index contributed by atoms with van der Waals surface area (Å²) in [6, 6.07) is 2.99. The van der Waals surface area contributed by atoms with Gasteiger partial charge in [0.25, 0.3) is 0 Å². The molecule has 1 aliphatic heterocycles. The van der Waals surface area contributed by atoms with Crippen LogP contribution in [0.2, 0.25) is 0 Å². The van der Waals surface area contributed by atoms with Crippen molar-refractivity contribution in [1.82, 2.24) is 10.3 Å². The molecule has 1 unspecified atom stereocenters. The zero-order valence-corrected chi connectivity index (χ0v) is 16.5. The molecule has 1 saturated heterocycles. The highest BCUT2D eigenvalue weighted by Gasteiger charge is 2.27. The van der Waals surface area contributed by atoms with Gasteiger partial charge in [-0.2, -0.15) is 0 Å². The van der Waals surface area contributed by atoms with Gasteiger partial charge in [-0.15, -0.1) is 23.7 Å². The number of ether oxygens (including phenoxy) is 1. The SMILES string of the molecule is CC(=O)NCc1ccc(-c2csc(NC(=O)C(N)C3CCOCC3)n2)o1.Cl. The molecule has 0 spiro atoms. The number of amides is 2. The van der Waals surface area contributed by atoms with Crippen LogP contribution in [0.3, 0.4) is 0 Å². The molecule has 8 nitrogen and oxygen atoms in total. The number of carbonyl (C=O) groups is 2. The van der Waals surface area contributed by atoms with Gasteiger partial charge in [0.05, 0.1) is 12.6 Å². The van der Waals surface area contributed by atoms with Gasteiger partial charge in [0, 0.05) is 25.5 Å². The molecule has 3 rings (SSSR count). The lowest BCUT2D eigenvalue weighted by Crippen LogP contribution is -2.43. The summed E-state index contributed by atoms with van der Waals surface area (Å²) >= 11 is 1.31. The summed E-state index contributed by atoms with van der Waals surface area (Å²) in [6.07, 6.45) is 1.59. The molecule has 1 aliphatic rings. The number of aromatic nitrogens is 1. The molecule has 4 N–H and O–H groups in total. The van der Waals surface area contributed by atoms with Crippen molar-refractivity contribution in [3.05, 3.63) is 23.3 Å². The van der Waals surface area contributed by atoms with E-state index in [9.17, 15) is 9.59 Å². The zero-order valence-electron chi connectivity index (χ0n) is 14.9. The van der Waals surface area contributed by atoms with E-state index in [1.165, 1.54) is 18.3 Å². The smallest absolute Gasteiger partial charge is 0.243 e. The third-order valence-electron chi connectivity index (χ3n) is 4.24. The van der Waals surface area contributed by atoms with Crippen LogP contribution in [-0.4, -0.2) is 36.1 Å². The summed E-state index contributed by atoms with van der Waals surface area (Å²) in [5, 5.41) is 7.73. The fourth-order valence-electron chi connectivity index (χ4n) is 2.74. The van der Waals surface area contributed by atoms with Crippen molar-refractivity contribution in [3.63, 3.8) is 0 Å². The molecule has 148 valence electrons. The molecule has 0 bridgehead atoms. The number of halogens is 1. The van der Waals surface area contributed by atoms with Crippen LogP contribution in [0.5, 0.6) is 0 Å². The molecule has 2 aromatic rings. The number of thiazole rings is 1. The number of hydrogen-bond donors (Lipinski definition) is 3. The largest absolute Gasteiger partial charge is 0.458 e. The quantitative estimate of drug-likeness (QED) is 0.666. The molecule has 0 aromatic carbocycles. The van der Waals surface area contributed by atoms with Gasteiger partial charge < -0.3 is 25.5 Å². The van der Waals surface area contributed by atoms with Gasteiger partial charge >= 0.3 is 0 Å². The van der Waals surface area contributed by atoms with Crippen molar-refractivity contribution >= 4 is 40.7 Å². The van der Waals surface area contributed by atoms with Crippen molar-refractivity contribution in [2.45, 2.75) is 32.4 Å². The number of carbonyl (C=O) groups excluding carboxylic acids is 2. The predicted molar refractivity (Wildman–Crippen MR) is 105 cm³/mol. The van der Waals surface area contributed by atoms with Crippen LogP contribution >= 0.6 is 23.7 Å². The van der Waals surface area contributed by atoms with E-state index in [1.807, 2.05) is 0 Å². The number of rotatable bonds is 6. The Morgan fingerprint density at radius 1 is 1.37 bits per heavy atom. The first-order valence-electron chi connectivity index (χ1n) is 8.46. The number of nitrogens with two attached hydrogens (primary N) is 1. The topological polar surface area (TPSA) is 119 Å². The molecule has 1 fully saturated rings. The van der Waals surface area contributed by atoms with E-state index >= 15 is 0 Å². The summed E-state index contributed by atoms with van der Waals surface area (Å²) in [5.41, 5.74) is 6.70. The van der Waals surface area contributed by atoms with Crippen LogP contribution in [0.4, 0.5) is 5.13 Å². The van der Waals surface area contributed by atoms with Crippen molar-refractivity contribution < 1.29 is 18.7 Å². The van der Waals surface area contributed by atoms with Crippen molar-refractivity contribution in [2.75, 3.05) is 18.5 Å². The number of anilines is 1. The Morgan fingerprint density at radius 2 is 2.11 bits per heavy atom. The lowest BCUT2D eigenvalue weighted by molar-refractivity contribution is -0.120. The van der Waals surface area contributed by atoms with Crippen LogP contribution in [0.15, 0.2) is 21.9 Å². The molecule has 0 aliphatic carbocycles. The number of furan rings is 1. The van der Waals surface area contributed by atoms with Crippen LogP contribution in [0, 0.1) is 5.92 Å². The minimum absolute atomic E-state index is 0. The van der Waals surface area contributed by atoms with Crippen molar-refractivity contribution in [1.29, 1.82) is 0 Å². The molecule has 0 radical (unpaired) electrons. The van der Waals surface area contributed by atoms with Gasteiger partial charge in [-0.05, 0) is 30.9 Å². The summed E-state index contributed by atoms with van der Waals surface area (Å²) in [5.74, 6) is 0.988. The number of nitrogens with one attached hydrogen (secondary N) is 2. The minimum atomic E-state index is -0.570. The van der Waals surface area contributed by atoms with Gasteiger partial charge in [-0.3, -0.25) is 9.59 Å². The first-order valence-corrected chi connectivity index (χ1v) is 9.34. The highest BCUT2D eigenvalue weighted by molar-refractivity contribution is 7.14. The van der Waals surface area contributed by atoms with Gasteiger partial charge in [-0.25, -0.2) is 4.98 Å². The van der Waals surface area contributed by atoms with Gasteiger partial charge in [0.1, 0.15) is 11.5 Å². The molecule has 1 atom stereocenters. The lowest BCUT2D eigenvalue weighted by Gasteiger charge is -2.26. The highest BCUT2D eigenvalue weighted by atomic mass is 35.5. The maximum absolute atomic E-state index is 12.3. The van der Waals surface area contributed by atoms with E-state index in [2.05, 4.69) is 15.6 Å². The Hall–Kier alpha value is -1.94. The van der Waals surface area contributed by atoms with Crippen LogP contribution in [0.1, 0.15) is 25.5 Å². The van der Waals surface area contributed by atoms with E-state index < -0.39 is 6.04 Å². The standard InChI is InChI=1S/C17H22N4O4S.ClH/c1-10(22)19-8-12-2-3-14(25-12)13-9-26-17(20-13)21-16(23)15(18)11-4-6-24-7-5-11;/h2-3,9,11,15H,4-8,18H2,1H3,(H,19,22)(H,20,21,23);1H. The van der Waals surface area contributed by atoms with E-state index in [4.69, 9.17) is 14.9 Å². The average Bonchev–Trinajstić information content (AvgIpc) is 3.29. The van der Waals surface area contributed by atoms with E-state index in [-0.39, 0.29) is 30.1 Å². The number of nitrogens with zero attached hydrogens (tertiary/aromatic N) is 1. The second-order valence-electron chi connectivity index (χ2n) is 6.18. The van der Waals surface area contributed by atoms with Gasteiger partial charge in [0.2, 0.25) is 11.8 Å². The average molecular weight is 415 g/mol. The second kappa shape index (κ2) is 9.84. The minimum Gasteiger partial charge on any atom is -0.458 e. The van der Waals surface area contributed by atoms with Crippen LogP contribution in [0.25, 0.3) is 11.5 Å². The third kappa shape index (κ3) is 5.77. The van der Waals surface area contributed by atoms with Gasteiger partial charge in [0.15, 0.2) is 10.9 Å². The Kier molecular flexibility index (Phi) is 7.78.